The summed E-state index contributed by atoms with van der Waals surface area (Å²) in [5.74, 6) is -2.42. The quantitative estimate of drug-likeness (QED) is 0.353. The molecule has 6 N–H and O–H groups in total. The molecule has 0 aromatic rings. The van der Waals surface area contributed by atoms with Crippen molar-refractivity contribution in [1.82, 2.24) is 15.5 Å². The van der Waals surface area contributed by atoms with Crippen molar-refractivity contribution in [2.45, 2.75) is 43.8 Å². The normalized spacial score (nSPS) is 34.5. The molecule has 0 aromatic carbocycles. The van der Waals surface area contributed by atoms with E-state index in [9.17, 15) is 24.6 Å². The Balaban J connectivity index is 1.74. The van der Waals surface area contributed by atoms with Crippen molar-refractivity contribution in [3.05, 3.63) is 10.6 Å². The number of aliphatic hydroxyl groups excluding tert-OH is 1. The van der Waals surface area contributed by atoms with Gasteiger partial charge in [-0.2, -0.15) is 0 Å². The zero-order valence-corrected chi connectivity index (χ0v) is 15.5. The van der Waals surface area contributed by atoms with Gasteiger partial charge in [-0.25, -0.2) is 4.79 Å². The van der Waals surface area contributed by atoms with E-state index in [0.717, 1.165) is 0 Å². The maximum Gasteiger partial charge on any atom is 0.353 e. The first-order chi connectivity index (χ1) is 12.3. The molecule has 2 fully saturated rings. The minimum atomic E-state index is -1.13. The average Bonchev–Trinajstić information content (AvgIpc) is 3.09. The summed E-state index contributed by atoms with van der Waals surface area (Å²) >= 11 is 1.44. The fourth-order valence-corrected chi connectivity index (χ4v) is 5.49. The molecule has 2 amide bonds. The van der Waals surface area contributed by atoms with Gasteiger partial charge in [0.15, 0.2) is 0 Å². The number of carboxylic acid groups (broad SMARTS) is 1. The minimum absolute atomic E-state index is 0.0313. The molecule has 0 aliphatic carbocycles. The number of carbonyl (C=O) groups excluding carboxylic acids is 2. The standard InChI is InChI=1S/C16H24N4O5S/c1-6-12-11(7(2)21)15(23)20(12)13(16(24)25)14(6)26-8-3-9(18-5-8)19-10(22)4-17/h6-9,11-12,18,21H,3-5,17H2,1-2H3,(H,19,22)(H,24,25)/t6-,7-,8+,9-,11-,12-/m1/s1. The number of nitrogens with two attached hydrogens (primary N) is 1. The Hall–Kier alpha value is -1.62. The van der Waals surface area contributed by atoms with Crippen LogP contribution < -0.4 is 16.4 Å². The average molecular weight is 384 g/mol. The fraction of sp³-hybridized carbons (Fsp3) is 0.688. The van der Waals surface area contributed by atoms with E-state index < -0.39 is 18.0 Å². The number of rotatable bonds is 6. The maximum absolute atomic E-state index is 12.3. The highest BCUT2D eigenvalue weighted by molar-refractivity contribution is 8.03. The smallest absolute Gasteiger partial charge is 0.353 e. The highest BCUT2D eigenvalue weighted by atomic mass is 32.2. The molecule has 3 rings (SSSR count). The summed E-state index contributed by atoms with van der Waals surface area (Å²) in [7, 11) is 0. The van der Waals surface area contributed by atoms with E-state index in [2.05, 4.69) is 10.6 Å². The minimum Gasteiger partial charge on any atom is -0.477 e. The highest BCUT2D eigenvalue weighted by Gasteiger charge is 2.60. The summed E-state index contributed by atoms with van der Waals surface area (Å²) in [6, 6.07) is -0.307. The second kappa shape index (κ2) is 7.18. The SMILES string of the molecule is C[C@@H](O)[C@H]1C(=O)N2C(C(=O)O)=C(S[C@@H]3CN[C@H](NC(=O)CN)C3)[C@H](C)[C@H]12. The number of amides is 2. The van der Waals surface area contributed by atoms with Gasteiger partial charge in [0.2, 0.25) is 11.8 Å². The van der Waals surface area contributed by atoms with Crippen molar-refractivity contribution in [3.8, 4) is 0 Å². The van der Waals surface area contributed by atoms with Crippen LogP contribution in [0.1, 0.15) is 20.3 Å². The van der Waals surface area contributed by atoms with Crippen LogP contribution in [-0.4, -0.2) is 69.5 Å². The molecule has 0 unspecified atom stereocenters. The molecule has 6 atom stereocenters. The lowest BCUT2D eigenvalue weighted by atomic mass is 9.79. The number of fused-ring (bicyclic) bond motifs is 1. The van der Waals surface area contributed by atoms with Crippen LogP contribution in [0.25, 0.3) is 0 Å². The molecule has 0 saturated carbocycles. The molecule has 0 spiro atoms. The highest BCUT2D eigenvalue weighted by Crippen LogP contribution is 2.51. The van der Waals surface area contributed by atoms with Crippen LogP contribution in [0.5, 0.6) is 0 Å². The van der Waals surface area contributed by atoms with Crippen molar-refractivity contribution < 1.29 is 24.6 Å². The van der Waals surface area contributed by atoms with Gasteiger partial charge in [-0.1, -0.05) is 6.92 Å². The number of carboxylic acids is 1. The predicted molar refractivity (Wildman–Crippen MR) is 94.6 cm³/mol. The van der Waals surface area contributed by atoms with Crippen LogP contribution in [0, 0.1) is 11.8 Å². The molecule has 0 bridgehead atoms. The van der Waals surface area contributed by atoms with Crippen molar-refractivity contribution in [1.29, 1.82) is 0 Å². The molecule has 0 radical (unpaired) electrons. The molecule has 2 saturated heterocycles. The summed E-state index contributed by atoms with van der Waals surface area (Å²) in [6.45, 7) is 3.99. The van der Waals surface area contributed by atoms with Gasteiger partial charge in [0.1, 0.15) is 5.70 Å². The van der Waals surface area contributed by atoms with Crippen molar-refractivity contribution in [3.63, 3.8) is 0 Å². The number of thioether (sulfide) groups is 1. The molecule has 26 heavy (non-hydrogen) atoms. The third-order valence-electron chi connectivity index (χ3n) is 5.22. The zero-order valence-electron chi connectivity index (χ0n) is 14.6. The Kier molecular flexibility index (Phi) is 5.29. The Bertz CT molecular complexity index is 667. The first-order valence-electron chi connectivity index (χ1n) is 8.64. The van der Waals surface area contributed by atoms with Gasteiger partial charge in [-0.05, 0) is 13.3 Å². The van der Waals surface area contributed by atoms with Crippen molar-refractivity contribution in [2.24, 2.45) is 17.6 Å². The number of hydrogen-bond donors (Lipinski definition) is 5. The van der Waals surface area contributed by atoms with Gasteiger partial charge in [0.25, 0.3) is 0 Å². The summed E-state index contributed by atoms with van der Waals surface area (Å²) in [6.07, 6.45) is -0.370. The monoisotopic (exact) mass is 384 g/mol. The van der Waals surface area contributed by atoms with Crippen LogP contribution in [-0.2, 0) is 14.4 Å². The topological polar surface area (TPSA) is 145 Å². The summed E-state index contributed by atoms with van der Waals surface area (Å²) in [5, 5.41) is 25.5. The Morgan fingerprint density at radius 3 is 2.77 bits per heavy atom. The predicted octanol–water partition coefficient (Wildman–Crippen LogP) is -1.36. The molecular formula is C16H24N4O5S. The molecule has 9 nitrogen and oxygen atoms in total. The number of aliphatic carboxylic acids is 1. The largest absolute Gasteiger partial charge is 0.477 e. The van der Waals surface area contributed by atoms with E-state index in [-0.39, 0.29) is 47.4 Å². The molecular weight excluding hydrogens is 360 g/mol. The van der Waals surface area contributed by atoms with Gasteiger partial charge in [-0.3, -0.25) is 14.9 Å². The third kappa shape index (κ3) is 3.11. The Morgan fingerprint density at radius 2 is 2.19 bits per heavy atom. The fourth-order valence-electron chi connectivity index (χ4n) is 4.01. The summed E-state index contributed by atoms with van der Waals surface area (Å²) in [5.41, 5.74) is 5.33. The third-order valence-corrected chi connectivity index (χ3v) is 6.73. The van der Waals surface area contributed by atoms with E-state index in [4.69, 9.17) is 5.73 Å². The lowest BCUT2D eigenvalue weighted by molar-refractivity contribution is -0.163. The Labute approximate surface area is 155 Å². The van der Waals surface area contributed by atoms with Crippen LogP contribution in [0.4, 0.5) is 0 Å². The van der Waals surface area contributed by atoms with Crippen molar-refractivity contribution in [2.75, 3.05) is 13.1 Å². The van der Waals surface area contributed by atoms with E-state index in [1.165, 1.54) is 16.7 Å². The number of β-lactam (4-membered cyclic amide) rings is 1. The molecule has 144 valence electrons. The van der Waals surface area contributed by atoms with E-state index in [1.54, 1.807) is 6.92 Å². The van der Waals surface area contributed by atoms with Gasteiger partial charge in [0.05, 0.1) is 30.8 Å². The van der Waals surface area contributed by atoms with Gasteiger partial charge >= 0.3 is 5.97 Å². The van der Waals surface area contributed by atoms with Gasteiger partial charge in [-0.15, -0.1) is 11.8 Å². The van der Waals surface area contributed by atoms with Gasteiger partial charge in [0, 0.05) is 22.6 Å². The number of nitrogens with one attached hydrogen (secondary N) is 2. The number of nitrogens with zero attached hydrogens (tertiary/aromatic N) is 1. The molecule has 10 heteroatoms. The number of carbonyl (C=O) groups is 3. The second-order valence-electron chi connectivity index (χ2n) is 6.98. The van der Waals surface area contributed by atoms with E-state index in [0.29, 0.717) is 17.9 Å². The van der Waals surface area contributed by atoms with Crippen molar-refractivity contribution >= 4 is 29.5 Å². The molecule has 0 aromatic heterocycles. The van der Waals surface area contributed by atoms with Gasteiger partial charge < -0.3 is 26.2 Å². The number of hydrogen-bond acceptors (Lipinski definition) is 7. The van der Waals surface area contributed by atoms with Crippen LogP contribution >= 0.6 is 11.8 Å². The summed E-state index contributed by atoms with van der Waals surface area (Å²) in [4.78, 5) is 37.5. The first-order valence-corrected chi connectivity index (χ1v) is 9.52. The maximum atomic E-state index is 12.3. The second-order valence-corrected chi connectivity index (χ2v) is 8.32. The Morgan fingerprint density at radius 1 is 1.50 bits per heavy atom. The molecule has 3 aliphatic heterocycles. The van der Waals surface area contributed by atoms with Crippen LogP contribution in [0.2, 0.25) is 0 Å². The van der Waals surface area contributed by atoms with E-state index >= 15 is 0 Å². The van der Waals surface area contributed by atoms with E-state index in [1.807, 2.05) is 6.92 Å². The number of aliphatic hydroxyl groups is 1. The van der Waals surface area contributed by atoms with Crippen LogP contribution in [0.15, 0.2) is 10.6 Å². The lowest BCUT2D eigenvalue weighted by Gasteiger charge is -2.46. The first kappa shape index (κ1) is 19.2. The lowest BCUT2D eigenvalue weighted by Crippen LogP contribution is -2.63. The molecule has 3 aliphatic rings. The summed E-state index contributed by atoms with van der Waals surface area (Å²) < 4.78 is 0. The molecule has 3 heterocycles. The zero-order chi connectivity index (χ0) is 19.2. The van der Waals surface area contributed by atoms with Crippen LogP contribution in [0.3, 0.4) is 0 Å².